The van der Waals surface area contributed by atoms with E-state index in [1.54, 1.807) is 27.6 Å². The zero-order valence-electron chi connectivity index (χ0n) is 14.9. The lowest BCUT2D eigenvalue weighted by molar-refractivity contribution is 0.445. The van der Waals surface area contributed by atoms with E-state index in [0.717, 1.165) is 29.1 Å². The molecule has 0 unspecified atom stereocenters. The zero-order chi connectivity index (χ0) is 17.9. The fourth-order valence-corrected chi connectivity index (χ4v) is 3.10. The van der Waals surface area contributed by atoms with Crippen molar-refractivity contribution in [2.45, 2.75) is 45.2 Å². The van der Waals surface area contributed by atoms with Gasteiger partial charge in [-0.2, -0.15) is 5.10 Å². The molecule has 4 rings (SSSR count). The summed E-state index contributed by atoms with van der Waals surface area (Å²) in [5, 5.41) is 7.93. The number of nitrogens with one attached hydrogen (secondary N) is 1. The van der Waals surface area contributed by atoms with Gasteiger partial charge in [-0.3, -0.25) is 9.78 Å². The van der Waals surface area contributed by atoms with E-state index in [1.807, 2.05) is 24.7 Å². The number of anilines is 1. The molecule has 3 aromatic heterocycles. The highest BCUT2D eigenvalue weighted by molar-refractivity contribution is 5.60. The molecule has 0 amide bonds. The van der Waals surface area contributed by atoms with Gasteiger partial charge in [0.05, 0.1) is 29.5 Å². The van der Waals surface area contributed by atoms with Crippen LogP contribution in [0.4, 0.5) is 5.69 Å². The van der Waals surface area contributed by atoms with Gasteiger partial charge in [-0.15, -0.1) is 0 Å². The van der Waals surface area contributed by atoms with E-state index in [2.05, 4.69) is 28.4 Å². The van der Waals surface area contributed by atoms with Gasteiger partial charge >= 0.3 is 0 Å². The maximum atomic E-state index is 11.9. The number of aryl methyl sites for hydroxylation is 1. The van der Waals surface area contributed by atoms with Crippen LogP contribution in [0.3, 0.4) is 0 Å². The Balaban J connectivity index is 1.54. The average Bonchev–Trinajstić information content (AvgIpc) is 3.11. The minimum Gasteiger partial charge on any atom is -0.381 e. The highest BCUT2D eigenvalue weighted by atomic mass is 16.1. The van der Waals surface area contributed by atoms with Crippen molar-refractivity contribution in [1.29, 1.82) is 0 Å². The maximum Gasteiger partial charge on any atom is 0.250 e. The first kappa shape index (κ1) is 16.6. The molecule has 6 nitrogen and oxygen atoms in total. The monoisotopic (exact) mass is 349 g/mol. The number of hydrogen-bond donors (Lipinski definition) is 1. The molecule has 6 heteroatoms. The first-order valence-corrected chi connectivity index (χ1v) is 9.21. The Labute approximate surface area is 152 Å². The number of pyridine rings is 2. The molecule has 1 N–H and O–H groups in total. The topological polar surface area (TPSA) is 64.7 Å². The molecule has 1 fully saturated rings. The quantitative estimate of drug-likeness (QED) is 0.740. The molecule has 26 heavy (non-hydrogen) atoms. The molecule has 0 aromatic carbocycles. The van der Waals surface area contributed by atoms with Crippen LogP contribution in [-0.4, -0.2) is 25.4 Å². The summed E-state index contributed by atoms with van der Waals surface area (Å²) >= 11 is 0. The third kappa shape index (κ3) is 3.40. The van der Waals surface area contributed by atoms with E-state index in [-0.39, 0.29) is 5.56 Å². The van der Waals surface area contributed by atoms with Crippen LogP contribution in [-0.2, 0) is 6.54 Å². The van der Waals surface area contributed by atoms with Crippen LogP contribution in [0.15, 0.2) is 53.8 Å². The second kappa shape index (κ2) is 7.15. The maximum absolute atomic E-state index is 11.9. The van der Waals surface area contributed by atoms with E-state index in [9.17, 15) is 4.79 Å². The van der Waals surface area contributed by atoms with Crippen LogP contribution in [0, 0.1) is 0 Å². The average molecular weight is 349 g/mol. The summed E-state index contributed by atoms with van der Waals surface area (Å²) in [7, 11) is 0. The Bertz CT molecular complexity index is 937. The molecule has 1 aliphatic carbocycles. The second-order valence-corrected chi connectivity index (χ2v) is 6.80. The Kier molecular flexibility index (Phi) is 4.56. The van der Waals surface area contributed by atoms with Crippen LogP contribution >= 0.6 is 0 Å². The highest BCUT2D eigenvalue weighted by Gasteiger charge is 2.16. The summed E-state index contributed by atoms with van der Waals surface area (Å²) in [6, 6.07) is 8.07. The van der Waals surface area contributed by atoms with Crippen LogP contribution < -0.4 is 10.9 Å². The van der Waals surface area contributed by atoms with Crippen LogP contribution in [0.2, 0.25) is 0 Å². The largest absolute Gasteiger partial charge is 0.381 e. The molecule has 3 aromatic rings. The van der Waals surface area contributed by atoms with E-state index < -0.39 is 0 Å². The number of rotatable bonds is 6. The summed E-state index contributed by atoms with van der Waals surface area (Å²) in [5.74, 6) is 0. The fourth-order valence-electron chi connectivity index (χ4n) is 3.10. The Morgan fingerprint density at radius 2 is 2.04 bits per heavy atom. The van der Waals surface area contributed by atoms with Crippen molar-refractivity contribution in [3.63, 3.8) is 0 Å². The standard InChI is InChI=1S/C20H23N5O/c1-2-10-24-14-18(7-9-20(24)26)25-13-15(11-22-25)19-8-6-17(12-21-19)23-16-4-3-5-16/h6-9,11-14,16,23H,2-5,10H2,1H3. The lowest BCUT2D eigenvalue weighted by Gasteiger charge is -2.27. The molecule has 1 saturated carbocycles. The van der Waals surface area contributed by atoms with E-state index in [4.69, 9.17) is 0 Å². The minimum absolute atomic E-state index is 0.0131. The van der Waals surface area contributed by atoms with Crippen molar-refractivity contribution in [1.82, 2.24) is 19.3 Å². The molecular formula is C20H23N5O. The molecule has 3 heterocycles. The smallest absolute Gasteiger partial charge is 0.250 e. The van der Waals surface area contributed by atoms with Crippen molar-refractivity contribution in [3.8, 4) is 16.9 Å². The zero-order valence-corrected chi connectivity index (χ0v) is 14.9. The van der Waals surface area contributed by atoms with Gasteiger partial charge in [0.25, 0.3) is 5.56 Å². The van der Waals surface area contributed by atoms with Crippen molar-refractivity contribution in [2.75, 3.05) is 5.32 Å². The van der Waals surface area contributed by atoms with Crippen LogP contribution in [0.1, 0.15) is 32.6 Å². The van der Waals surface area contributed by atoms with Crippen molar-refractivity contribution in [3.05, 3.63) is 59.4 Å². The summed E-state index contributed by atoms with van der Waals surface area (Å²) < 4.78 is 3.50. The van der Waals surface area contributed by atoms with Crippen molar-refractivity contribution < 1.29 is 0 Å². The molecular weight excluding hydrogens is 326 g/mol. The van der Waals surface area contributed by atoms with Gasteiger partial charge in [-0.25, -0.2) is 4.68 Å². The van der Waals surface area contributed by atoms with E-state index in [1.165, 1.54) is 19.3 Å². The summed E-state index contributed by atoms with van der Waals surface area (Å²) in [6.45, 7) is 2.76. The summed E-state index contributed by atoms with van der Waals surface area (Å²) in [5.41, 5.74) is 3.79. The third-order valence-electron chi connectivity index (χ3n) is 4.81. The van der Waals surface area contributed by atoms with Gasteiger partial charge in [0.2, 0.25) is 0 Å². The predicted molar refractivity (Wildman–Crippen MR) is 103 cm³/mol. The van der Waals surface area contributed by atoms with Gasteiger partial charge in [0.15, 0.2) is 0 Å². The Morgan fingerprint density at radius 3 is 2.73 bits per heavy atom. The molecule has 0 aliphatic heterocycles. The van der Waals surface area contributed by atoms with Gasteiger partial charge in [0, 0.05) is 36.6 Å². The minimum atomic E-state index is 0.0131. The third-order valence-corrected chi connectivity index (χ3v) is 4.81. The second-order valence-electron chi connectivity index (χ2n) is 6.80. The summed E-state index contributed by atoms with van der Waals surface area (Å²) in [4.78, 5) is 16.4. The van der Waals surface area contributed by atoms with E-state index >= 15 is 0 Å². The number of aromatic nitrogens is 4. The SMILES string of the molecule is CCCn1cc(-n2cc(-c3ccc(NC4CCC4)cn3)cn2)ccc1=O. The fraction of sp³-hybridized carbons (Fsp3) is 0.350. The number of hydrogen-bond acceptors (Lipinski definition) is 4. The van der Waals surface area contributed by atoms with Crippen molar-refractivity contribution in [2.24, 2.45) is 0 Å². The molecule has 134 valence electrons. The molecule has 0 spiro atoms. The molecule has 0 radical (unpaired) electrons. The normalized spacial score (nSPS) is 14.2. The number of nitrogens with zero attached hydrogens (tertiary/aromatic N) is 4. The highest BCUT2D eigenvalue weighted by Crippen LogP contribution is 2.24. The lowest BCUT2D eigenvalue weighted by Crippen LogP contribution is -2.26. The summed E-state index contributed by atoms with van der Waals surface area (Å²) in [6.07, 6.45) is 12.2. The lowest BCUT2D eigenvalue weighted by atomic mass is 9.93. The van der Waals surface area contributed by atoms with Crippen molar-refractivity contribution >= 4 is 5.69 Å². The molecule has 0 atom stereocenters. The van der Waals surface area contributed by atoms with Gasteiger partial charge < -0.3 is 9.88 Å². The van der Waals surface area contributed by atoms with Gasteiger partial charge in [-0.1, -0.05) is 6.92 Å². The van der Waals surface area contributed by atoms with Gasteiger partial charge in [0.1, 0.15) is 0 Å². The van der Waals surface area contributed by atoms with Crippen LogP contribution in [0.25, 0.3) is 16.9 Å². The predicted octanol–water partition coefficient (Wildman–Crippen LogP) is 3.47. The molecule has 0 bridgehead atoms. The van der Waals surface area contributed by atoms with Gasteiger partial charge in [-0.05, 0) is 43.9 Å². The molecule has 0 saturated heterocycles. The first-order chi connectivity index (χ1) is 12.7. The van der Waals surface area contributed by atoms with E-state index in [0.29, 0.717) is 12.6 Å². The van der Waals surface area contributed by atoms with Crippen LogP contribution in [0.5, 0.6) is 0 Å². The molecule has 1 aliphatic rings. The first-order valence-electron chi connectivity index (χ1n) is 9.21. The Morgan fingerprint density at radius 1 is 1.15 bits per heavy atom. The Hall–Kier alpha value is -2.89.